The van der Waals surface area contributed by atoms with Crippen LogP contribution in [0, 0.1) is 5.82 Å². The van der Waals surface area contributed by atoms with E-state index < -0.39 is 0 Å². The van der Waals surface area contributed by atoms with Crippen molar-refractivity contribution in [3.05, 3.63) is 48.8 Å². The zero-order valence-corrected chi connectivity index (χ0v) is 9.04. The van der Waals surface area contributed by atoms with E-state index in [-0.39, 0.29) is 24.8 Å². The number of benzene rings is 1. The summed E-state index contributed by atoms with van der Waals surface area (Å²) >= 11 is 0. The molecule has 2 aromatic rings. The lowest BCUT2D eigenvalue weighted by Crippen LogP contribution is -2.12. The first-order valence-electron chi connectivity index (χ1n) is 5.15. The van der Waals surface area contributed by atoms with Gasteiger partial charge in [-0.2, -0.15) is 0 Å². The molecule has 5 heteroatoms. The highest BCUT2D eigenvalue weighted by Crippen LogP contribution is 2.11. The van der Waals surface area contributed by atoms with Crippen molar-refractivity contribution in [2.24, 2.45) is 0 Å². The standard InChI is InChI=1S/C12H11FN2O2/c13-10-1-3-11(4-2-10)17-8-5-12(16)15-7-6-14-9-15/h1-4,6-7,9H,5,8H2. The molecule has 88 valence electrons. The number of carbonyl (C=O) groups is 1. The second-order valence-corrected chi connectivity index (χ2v) is 3.42. The number of rotatable bonds is 4. The fourth-order valence-corrected chi connectivity index (χ4v) is 1.32. The average molecular weight is 234 g/mol. The number of carbonyl (C=O) groups excluding carboxylic acids is 1. The summed E-state index contributed by atoms with van der Waals surface area (Å²) in [6.45, 7) is 0.253. The Morgan fingerprint density at radius 2 is 2.12 bits per heavy atom. The van der Waals surface area contributed by atoms with E-state index in [0.29, 0.717) is 5.75 Å². The lowest BCUT2D eigenvalue weighted by Gasteiger charge is -2.05. The molecule has 0 saturated heterocycles. The molecule has 1 heterocycles. The van der Waals surface area contributed by atoms with E-state index >= 15 is 0 Å². The van der Waals surface area contributed by atoms with Crippen LogP contribution < -0.4 is 4.74 Å². The monoisotopic (exact) mass is 234 g/mol. The van der Waals surface area contributed by atoms with Gasteiger partial charge in [0, 0.05) is 12.4 Å². The van der Waals surface area contributed by atoms with Crippen molar-refractivity contribution < 1.29 is 13.9 Å². The van der Waals surface area contributed by atoms with Crippen molar-refractivity contribution in [2.75, 3.05) is 6.61 Å². The minimum absolute atomic E-state index is 0.0930. The number of nitrogens with zero attached hydrogens (tertiary/aromatic N) is 2. The third kappa shape index (κ3) is 3.14. The largest absolute Gasteiger partial charge is 0.493 e. The third-order valence-electron chi connectivity index (χ3n) is 2.19. The van der Waals surface area contributed by atoms with Gasteiger partial charge in [0.15, 0.2) is 0 Å². The smallest absolute Gasteiger partial charge is 0.235 e. The highest BCUT2D eigenvalue weighted by atomic mass is 19.1. The summed E-state index contributed by atoms with van der Waals surface area (Å²) in [5, 5.41) is 0. The molecular formula is C12H11FN2O2. The van der Waals surface area contributed by atoms with Crippen LogP contribution in [0.15, 0.2) is 43.0 Å². The molecule has 0 radical (unpaired) electrons. The van der Waals surface area contributed by atoms with E-state index in [2.05, 4.69) is 4.98 Å². The highest BCUT2D eigenvalue weighted by molar-refractivity contribution is 5.78. The Bertz CT molecular complexity index is 480. The Hall–Kier alpha value is -2.17. The van der Waals surface area contributed by atoms with Gasteiger partial charge in [-0.1, -0.05) is 0 Å². The quantitative estimate of drug-likeness (QED) is 0.814. The molecule has 0 spiro atoms. The van der Waals surface area contributed by atoms with Gasteiger partial charge in [-0.05, 0) is 24.3 Å². The summed E-state index contributed by atoms with van der Waals surface area (Å²) in [5.74, 6) is 0.140. The Kier molecular flexibility index (Phi) is 3.49. The highest BCUT2D eigenvalue weighted by Gasteiger charge is 2.04. The first-order chi connectivity index (χ1) is 8.25. The van der Waals surface area contributed by atoms with Crippen LogP contribution in [0.4, 0.5) is 4.39 Å². The van der Waals surface area contributed by atoms with Gasteiger partial charge >= 0.3 is 0 Å². The minimum atomic E-state index is -0.313. The zero-order valence-electron chi connectivity index (χ0n) is 9.04. The van der Waals surface area contributed by atoms with Crippen LogP contribution in [0.5, 0.6) is 5.75 Å². The van der Waals surface area contributed by atoms with E-state index in [1.165, 1.54) is 35.2 Å². The molecule has 1 aromatic heterocycles. The molecule has 0 saturated carbocycles. The van der Waals surface area contributed by atoms with E-state index in [4.69, 9.17) is 4.74 Å². The Morgan fingerprint density at radius 1 is 1.35 bits per heavy atom. The molecule has 0 unspecified atom stereocenters. The average Bonchev–Trinajstić information content (AvgIpc) is 2.85. The van der Waals surface area contributed by atoms with Crippen molar-refractivity contribution in [1.82, 2.24) is 9.55 Å². The van der Waals surface area contributed by atoms with E-state index in [9.17, 15) is 9.18 Å². The van der Waals surface area contributed by atoms with E-state index in [1.807, 2.05) is 0 Å². The van der Waals surface area contributed by atoms with E-state index in [1.54, 1.807) is 12.4 Å². The topological polar surface area (TPSA) is 44.1 Å². The van der Waals surface area contributed by atoms with Gasteiger partial charge in [0.25, 0.3) is 0 Å². The van der Waals surface area contributed by atoms with Gasteiger partial charge in [0.2, 0.25) is 5.91 Å². The summed E-state index contributed by atoms with van der Waals surface area (Å²) in [7, 11) is 0. The third-order valence-corrected chi connectivity index (χ3v) is 2.19. The minimum Gasteiger partial charge on any atom is -0.493 e. The van der Waals surface area contributed by atoms with Gasteiger partial charge in [-0.25, -0.2) is 9.37 Å². The lowest BCUT2D eigenvalue weighted by atomic mass is 10.3. The molecule has 2 rings (SSSR count). The van der Waals surface area contributed by atoms with Gasteiger partial charge < -0.3 is 4.74 Å². The van der Waals surface area contributed by atoms with Crippen molar-refractivity contribution in [3.63, 3.8) is 0 Å². The first-order valence-corrected chi connectivity index (χ1v) is 5.15. The number of ether oxygens (including phenoxy) is 1. The van der Waals surface area contributed by atoms with Crippen LogP contribution in [-0.2, 0) is 0 Å². The van der Waals surface area contributed by atoms with Gasteiger partial charge in [-0.3, -0.25) is 9.36 Å². The number of hydrogen-bond donors (Lipinski definition) is 0. The Morgan fingerprint density at radius 3 is 2.76 bits per heavy atom. The maximum absolute atomic E-state index is 12.6. The second-order valence-electron chi connectivity index (χ2n) is 3.42. The van der Waals surface area contributed by atoms with Crippen molar-refractivity contribution in [3.8, 4) is 5.75 Å². The maximum Gasteiger partial charge on any atom is 0.235 e. The Balaban J connectivity index is 1.80. The van der Waals surface area contributed by atoms with Crippen LogP contribution in [0.25, 0.3) is 0 Å². The molecule has 0 fully saturated rings. The predicted molar refractivity (Wildman–Crippen MR) is 59.4 cm³/mol. The fourth-order valence-electron chi connectivity index (χ4n) is 1.32. The second kappa shape index (κ2) is 5.25. The van der Waals surface area contributed by atoms with Crippen molar-refractivity contribution >= 4 is 5.91 Å². The summed E-state index contributed by atoms with van der Waals surface area (Å²) in [6.07, 6.45) is 4.81. The van der Waals surface area contributed by atoms with Gasteiger partial charge in [0.1, 0.15) is 17.9 Å². The summed E-state index contributed by atoms with van der Waals surface area (Å²) in [6, 6.07) is 5.67. The Labute approximate surface area is 97.7 Å². The lowest BCUT2D eigenvalue weighted by molar-refractivity contribution is 0.0881. The van der Waals surface area contributed by atoms with Crippen molar-refractivity contribution in [1.29, 1.82) is 0 Å². The maximum atomic E-state index is 12.6. The van der Waals surface area contributed by atoms with Gasteiger partial charge in [0.05, 0.1) is 13.0 Å². The van der Waals surface area contributed by atoms with Crippen LogP contribution in [-0.4, -0.2) is 22.1 Å². The molecule has 0 aliphatic carbocycles. The fraction of sp³-hybridized carbons (Fsp3) is 0.167. The molecule has 1 aromatic carbocycles. The number of imidazole rings is 1. The molecule has 0 aliphatic heterocycles. The normalized spacial score (nSPS) is 10.2. The summed E-state index contributed by atoms with van der Waals surface area (Å²) in [4.78, 5) is 15.3. The molecule has 17 heavy (non-hydrogen) atoms. The number of hydrogen-bond acceptors (Lipinski definition) is 3. The molecule has 4 nitrogen and oxygen atoms in total. The number of halogens is 1. The molecule has 0 aliphatic rings. The summed E-state index contributed by atoms with van der Waals surface area (Å²) < 4.78 is 19.3. The van der Waals surface area contributed by atoms with Crippen LogP contribution in [0.3, 0.4) is 0 Å². The molecular weight excluding hydrogens is 223 g/mol. The molecule has 0 N–H and O–H groups in total. The predicted octanol–water partition coefficient (Wildman–Crippen LogP) is 2.13. The zero-order chi connectivity index (χ0) is 12.1. The van der Waals surface area contributed by atoms with E-state index in [0.717, 1.165) is 0 Å². The van der Waals surface area contributed by atoms with Crippen molar-refractivity contribution in [2.45, 2.75) is 6.42 Å². The molecule has 0 amide bonds. The first kappa shape index (κ1) is 11.3. The van der Waals surface area contributed by atoms with Gasteiger partial charge in [-0.15, -0.1) is 0 Å². The van der Waals surface area contributed by atoms with Crippen LogP contribution >= 0.6 is 0 Å². The van der Waals surface area contributed by atoms with Crippen LogP contribution in [0.2, 0.25) is 0 Å². The summed E-state index contributed by atoms with van der Waals surface area (Å²) in [5.41, 5.74) is 0. The SMILES string of the molecule is O=C(CCOc1ccc(F)cc1)n1ccnc1. The number of aromatic nitrogens is 2. The molecule has 0 atom stereocenters. The molecule has 0 bridgehead atoms. The van der Waals surface area contributed by atoms with Crippen LogP contribution in [0.1, 0.15) is 11.2 Å².